The van der Waals surface area contributed by atoms with Crippen molar-refractivity contribution in [2.75, 3.05) is 14.1 Å². The molecule has 3 nitrogen and oxygen atoms in total. The average Bonchev–Trinajstić information content (AvgIpc) is 2.27. The van der Waals surface area contributed by atoms with E-state index in [4.69, 9.17) is 0 Å². The number of hydrogen-bond acceptors (Lipinski definition) is 2. The van der Waals surface area contributed by atoms with E-state index in [1.807, 2.05) is 30.3 Å². The third-order valence-corrected chi connectivity index (χ3v) is 2.31. The Kier molecular flexibility index (Phi) is 3.61. The lowest BCUT2D eigenvalue weighted by Gasteiger charge is -2.13. The molecule has 0 saturated heterocycles. The first kappa shape index (κ1) is 11.4. The number of carbonyl (C=O) groups excluding carboxylic acids is 2. The maximum absolute atomic E-state index is 11.7. The molecular weight excluding hydrogens is 190 g/mol. The highest BCUT2D eigenvalue weighted by Gasteiger charge is 2.23. The lowest BCUT2D eigenvalue weighted by molar-refractivity contribution is -0.143. The van der Waals surface area contributed by atoms with Crippen LogP contribution in [0.4, 0.5) is 0 Å². The smallest absolute Gasteiger partial charge is 0.290 e. The van der Waals surface area contributed by atoms with Crippen LogP contribution in [-0.4, -0.2) is 30.7 Å². The Morgan fingerprint density at radius 2 is 1.67 bits per heavy atom. The summed E-state index contributed by atoms with van der Waals surface area (Å²) in [6, 6.07) is 9.31. The van der Waals surface area contributed by atoms with E-state index < -0.39 is 5.91 Å². The van der Waals surface area contributed by atoms with Crippen LogP contribution >= 0.6 is 0 Å². The summed E-state index contributed by atoms with van der Waals surface area (Å²) >= 11 is 0. The Bertz CT molecular complexity index is 357. The summed E-state index contributed by atoms with van der Waals surface area (Å²) in [6.45, 7) is 1.75. The van der Waals surface area contributed by atoms with Crippen molar-refractivity contribution in [3.8, 4) is 0 Å². The van der Waals surface area contributed by atoms with Crippen molar-refractivity contribution in [3.05, 3.63) is 35.9 Å². The summed E-state index contributed by atoms with van der Waals surface area (Å²) in [7, 11) is 3.16. The summed E-state index contributed by atoms with van der Waals surface area (Å²) in [5.74, 6) is -1.20. The highest BCUT2D eigenvalue weighted by molar-refractivity contribution is 6.37. The van der Waals surface area contributed by atoms with Gasteiger partial charge in [0, 0.05) is 20.0 Å². The molecule has 0 fully saturated rings. The molecule has 0 saturated carbocycles. The largest absolute Gasteiger partial charge is 0.342 e. The van der Waals surface area contributed by atoms with E-state index in [0.29, 0.717) is 0 Å². The zero-order valence-corrected chi connectivity index (χ0v) is 9.23. The van der Waals surface area contributed by atoms with Crippen molar-refractivity contribution >= 4 is 11.7 Å². The van der Waals surface area contributed by atoms with E-state index in [2.05, 4.69) is 0 Å². The van der Waals surface area contributed by atoms with Crippen molar-refractivity contribution in [1.29, 1.82) is 0 Å². The van der Waals surface area contributed by atoms with Crippen LogP contribution in [0.3, 0.4) is 0 Å². The van der Waals surface area contributed by atoms with Gasteiger partial charge in [-0.1, -0.05) is 37.3 Å². The fourth-order valence-corrected chi connectivity index (χ4v) is 1.30. The van der Waals surface area contributed by atoms with E-state index in [1.54, 1.807) is 21.0 Å². The average molecular weight is 205 g/mol. The van der Waals surface area contributed by atoms with E-state index >= 15 is 0 Å². The molecule has 0 spiro atoms. The first-order chi connectivity index (χ1) is 7.04. The Labute approximate surface area is 89.7 Å². The van der Waals surface area contributed by atoms with Crippen LogP contribution in [0.2, 0.25) is 0 Å². The van der Waals surface area contributed by atoms with Crippen LogP contribution in [0.25, 0.3) is 0 Å². The predicted octanol–water partition coefficient (Wildman–Crippen LogP) is 1.45. The molecule has 80 valence electrons. The Morgan fingerprint density at radius 1 is 1.13 bits per heavy atom. The van der Waals surface area contributed by atoms with Gasteiger partial charge in [0.2, 0.25) is 5.78 Å². The minimum absolute atomic E-state index is 0.369. The van der Waals surface area contributed by atoms with Gasteiger partial charge in [0.15, 0.2) is 0 Å². The fourth-order valence-electron chi connectivity index (χ4n) is 1.30. The maximum atomic E-state index is 11.7. The van der Waals surface area contributed by atoms with E-state index in [9.17, 15) is 9.59 Å². The van der Waals surface area contributed by atoms with E-state index in [1.165, 1.54) is 4.90 Å². The van der Waals surface area contributed by atoms with Gasteiger partial charge in [-0.25, -0.2) is 0 Å². The number of amides is 1. The molecule has 0 aromatic heterocycles. The standard InChI is InChI=1S/C12H15NO2/c1-9(10-7-5-4-6-8-10)11(14)12(15)13(2)3/h4-9H,1-3H3/t9-/m0/s1. The van der Waals surface area contributed by atoms with Gasteiger partial charge in [-0.2, -0.15) is 0 Å². The lowest BCUT2D eigenvalue weighted by atomic mass is 9.96. The number of benzene rings is 1. The monoisotopic (exact) mass is 205 g/mol. The summed E-state index contributed by atoms with van der Waals surface area (Å²) < 4.78 is 0. The molecule has 0 aliphatic carbocycles. The molecule has 1 rings (SSSR count). The van der Waals surface area contributed by atoms with Gasteiger partial charge in [-0.3, -0.25) is 9.59 Å². The number of Topliss-reactive ketones (excluding diaryl/α,β-unsaturated/α-hetero) is 1. The molecule has 0 N–H and O–H groups in total. The molecule has 0 heterocycles. The highest BCUT2D eigenvalue weighted by Crippen LogP contribution is 2.16. The van der Waals surface area contributed by atoms with Gasteiger partial charge in [0.05, 0.1) is 0 Å². The molecule has 3 heteroatoms. The van der Waals surface area contributed by atoms with Gasteiger partial charge >= 0.3 is 0 Å². The SMILES string of the molecule is C[C@H](C(=O)C(=O)N(C)C)c1ccccc1. The quantitative estimate of drug-likeness (QED) is 0.700. The van der Waals surface area contributed by atoms with Gasteiger partial charge in [0.1, 0.15) is 0 Å². The minimum atomic E-state index is -0.452. The van der Waals surface area contributed by atoms with Crippen LogP contribution in [0, 0.1) is 0 Å². The van der Waals surface area contributed by atoms with Crippen molar-refractivity contribution in [2.45, 2.75) is 12.8 Å². The van der Waals surface area contributed by atoms with Crippen LogP contribution in [-0.2, 0) is 9.59 Å². The molecule has 1 aromatic carbocycles. The zero-order valence-electron chi connectivity index (χ0n) is 9.23. The molecule has 1 atom stereocenters. The van der Waals surface area contributed by atoms with Crippen LogP contribution < -0.4 is 0 Å². The maximum Gasteiger partial charge on any atom is 0.290 e. The minimum Gasteiger partial charge on any atom is -0.342 e. The van der Waals surface area contributed by atoms with Crippen molar-refractivity contribution in [3.63, 3.8) is 0 Å². The number of ketones is 1. The Hall–Kier alpha value is -1.64. The molecule has 0 unspecified atom stereocenters. The number of nitrogens with zero attached hydrogens (tertiary/aromatic N) is 1. The second-order valence-electron chi connectivity index (χ2n) is 3.70. The van der Waals surface area contributed by atoms with E-state index in [-0.39, 0.29) is 11.7 Å². The molecule has 0 bridgehead atoms. The van der Waals surface area contributed by atoms with Crippen molar-refractivity contribution in [2.24, 2.45) is 0 Å². The number of carbonyl (C=O) groups is 2. The molecule has 15 heavy (non-hydrogen) atoms. The first-order valence-electron chi connectivity index (χ1n) is 4.84. The number of rotatable bonds is 3. The second-order valence-corrected chi connectivity index (χ2v) is 3.70. The highest BCUT2D eigenvalue weighted by atomic mass is 16.2. The van der Waals surface area contributed by atoms with Gasteiger partial charge in [-0.15, -0.1) is 0 Å². The van der Waals surface area contributed by atoms with E-state index in [0.717, 1.165) is 5.56 Å². The van der Waals surface area contributed by atoms with Gasteiger partial charge < -0.3 is 4.90 Å². The topological polar surface area (TPSA) is 37.4 Å². The molecule has 1 aromatic rings. The summed E-state index contributed by atoms with van der Waals surface area (Å²) in [4.78, 5) is 24.4. The van der Waals surface area contributed by atoms with Crippen molar-refractivity contribution < 1.29 is 9.59 Å². The normalized spacial score (nSPS) is 11.9. The summed E-state index contributed by atoms with van der Waals surface area (Å²) in [5.41, 5.74) is 0.873. The first-order valence-corrected chi connectivity index (χ1v) is 4.84. The lowest BCUT2D eigenvalue weighted by Crippen LogP contribution is -2.32. The van der Waals surface area contributed by atoms with Crippen molar-refractivity contribution in [1.82, 2.24) is 4.90 Å². The van der Waals surface area contributed by atoms with Gasteiger partial charge in [0.25, 0.3) is 5.91 Å². The molecule has 0 aliphatic rings. The number of hydrogen-bond donors (Lipinski definition) is 0. The Morgan fingerprint density at radius 3 is 2.13 bits per heavy atom. The summed E-state index contributed by atoms with van der Waals surface area (Å²) in [6.07, 6.45) is 0. The number of likely N-dealkylation sites (N-methyl/N-ethyl adjacent to an activating group) is 1. The molecular formula is C12H15NO2. The van der Waals surface area contributed by atoms with Gasteiger partial charge in [-0.05, 0) is 5.56 Å². The molecule has 0 radical (unpaired) electrons. The zero-order chi connectivity index (χ0) is 11.4. The van der Waals surface area contributed by atoms with Crippen LogP contribution in [0.15, 0.2) is 30.3 Å². The Balaban J connectivity index is 2.82. The van der Waals surface area contributed by atoms with Crippen LogP contribution in [0.5, 0.6) is 0 Å². The second kappa shape index (κ2) is 4.73. The van der Waals surface area contributed by atoms with Crippen LogP contribution in [0.1, 0.15) is 18.4 Å². The summed E-state index contributed by atoms with van der Waals surface area (Å²) in [5, 5.41) is 0. The molecule has 1 amide bonds. The fraction of sp³-hybridized carbons (Fsp3) is 0.333. The third kappa shape index (κ3) is 2.65. The predicted molar refractivity (Wildman–Crippen MR) is 58.6 cm³/mol. The molecule has 0 aliphatic heterocycles. The third-order valence-electron chi connectivity index (χ3n) is 2.31.